The summed E-state index contributed by atoms with van der Waals surface area (Å²) in [5.74, 6) is -2.10. The third-order valence-corrected chi connectivity index (χ3v) is 5.40. The molecule has 0 aliphatic carbocycles. The fourth-order valence-corrected chi connectivity index (χ4v) is 3.37. The average molecular weight is 439 g/mol. The van der Waals surface area contributed by atoms with Crippen molar-refractivity contribution in [2.24, 2.45) is 0 Å². The molecule has 0 fully saturated rings. The molecule has 0 radical (unpaired) electrons. The molecule has 2 aromatic rings. The lowest BCUT2D eigenvalue weighted by Gasteiger charge is -2.15. The summed E-state index contributed by atoms with van der Waals surface area (Å²) in [4.78, 5) is 35.5. The summed E-state index contributed by atoms with van der Waals surface area (Å²) in [6.45, 7) is 1.71. The normalized spacial score (nSPS) is 11.8. The number of carbonyl (C=O) groups excluding carboxylic acids is 2. The van der Waals surface area contributed by atoms with Crippen LogP contribution in [-0.2, 0) is 14.4 Å². The largest absolute Gasteiger partial charge is 0.478 e. The number of hydrogen-bond donors (Lipinski definition) is 3. The van der Waals surface area contributed by atoms with Crippen LogP contribution in [0, 0.1) is 0 Å². The van der Waals surface area contributed by atoms with Gasteiger partial charge in [-0.1, -0.05) is 41.4 Å². The van der Waals surface area contributed by atoms with E-state index in [0.717, 1.165) is 12.2 Å². The number of aliphatic carboxylic acids is 1. The van der Waals surface area contributed by atoms with E-state index >= 15 is 0 Å². The van der Waals surface area contributed by atoms with Gasteiger partial charge in [0.1, 0.15) is 0 Å². The molecule has 2 rings (SSSR count). The summed E-state index contributed by atoms with van der Waals surface area (Å²) in [6, 6.07) is 11.8. The Morgan fingerprint density at radius 2 is 1.68 bits per heavy atom. The van der Waals surface area contributed by atoms with E-state index in [1.807, 2.05) is 0 Å². The third kappa shape index (κ3) is 6.30. The van der Waals surface area contributed by atoms with Crippen molar-refractivity contribution in [3.05, 3.63) is 64.7 Å². The third-order valence-electron chi connectivity index (χ3n) is 3.40. The van der Waals surface area contributed by atoms with Crippen molar-refractivity contribution in [2.45, 2.75) is 17.1 Å². The lowest BCUT2D eigenvalue weighted by Crippen LogP contribution is -2.22. The average Bonchev–Trinajstić information content (AvgIpc) is 2.65. The number of carbonyl (C=O) groups is 3. The van der Waals surface area contributed by atoms with E-state index < -0.39 is 17.1 Å². The first-order valence-electron chi connectivity index (χ1n) is 8.00. The number of para-hydroxylation sites is 1. The van der Waals surface area contributed by atoms with Crippen LogP contribution < -0.4 is 10.6 Å². The predicted molar refractivity (Wildman–Crippen MR) is 112 cm³/mol. The Morgan fingerprint density at radius 3 is 2.39 bits per heavy atom. The Kier molecular flexibility index (Phi) is 7.92. The maximum atomic E-state index is 12.5. The molecule has 0 saturated heterocycles. The molecule has 0 bridgehead atoms. The van der Waals surface area contributed by atoms with Gasteiger partial charge in [0.15, 0.2) is 0 Å². The molecule has 9 heteroatoms. The lowest BCUT2D eigenvalue weighted by molar-refractivity contribution is -0.131. The second kappa shape index (κ2) is 10.2. The van der Waals surface area contributed by atoms with Crippen LogP contribution in [0.5, 0.6) is 0 Å². The minimum atomic E-state index is -1.22. The van der Waals surface area contributed by atoms with E-state index in [1.54, 1.807) is 49.4 Å². The van der Waals surface area contributed by atoms with Crippen molar-refractivity contribution in [2.75, 3.05) is 10.6 Å². The number of nitrogens with one attached hydrogen (secondary N) is 2. The Bertz CT molecular complexity index is 934. The Balaban J connectivity index is 2.08. The SMILES string of the molecule is C[C@H](Sc1ccccc1NC(=O)/C=C/C(=O)O)C(=O)Nc1cccc(Cl)c1Cl. The van der Waals surface area contributed by atoms with Crippen LogP contribution in [0.15, 0.2) is 59.5 Å². The van der Waals surface area contributed by atoms with Gasteiger partial charge in [0.25, 0.3) is 0 Å². The van der Waals surface area contributed by atoms with Gasteiger partial charge < -0.3 is 15.7 Å². The minimum Gasteiger partial charge on any atom is -0.478 e. The van der Waals surface area contributed by atoms with Crippen molar-refractivity contribution in [1.82, 2.24) is 0 Å². The zero-order valence-electron chi connectivity index (χ0n) is 14.6. The highest BCUT2D eigenvalue weighted by Gasteiger charge is 2.18. The molecule has 0 aromatic heterocycles. The topological polar surface area (TPSA) is 95.5 Å². The molecule has 2 amide bonds. The molecule has 0 spiro atoms. The molecule has 0 saturated carbocycles. The van der Waals surface area contributed by atoms with Gasteiger partial charge in [0, 0.05) is 17.0 Å². The molecule has 2 aromatic carbocycles. The number of carboxylic acid groups (broad SMARTS) is 1. The molecular weight excluding hydrogens is 423 g/mol. The van der Waals surface area contributed by atoms with Crippen LogP contribution in [0.4, 0.5) is 11.4 Å². The van der Waals surface area contributed by atoms with Crippen LogP contribution >= 0.6 is 35.0 Å². The predicted octanol–water partition coefficient (Wildman–Crippen LogP) is 4.69. The first-order valence-corrected chi connectivity index (χ1v) is 9.64. The monoisotopic (exact) mass is 438 g/mol. The second-order valence-corrected chi connectivity index (χ2v) is 7.68. The molecule has 0 heterocycles. The van der Waals surface area contributed by atoms with Crippen molar-refractivity contribution >= 4 is 64.1 Å². The molecule has 0 aliphatic heterocycles. The van der Waals surface area contributed by atoms with Crippen molar-refractivity contribution in [3.8, 4) is 0 Å². The van der Waals surface area contributed by atoms with Crippen molar-refractivity contribution < 1.29 is 19.5 Å². The van der Waals surface area contributed by atoms with Gasteiger partial charge in [-0.05, 0) is 31.2 Å². The second-order valence-electron chi connectivity index (χ2n) is 5.51. The van der Waals surface area contributed by atoms with E-state index in [1.165, 1.54) is 11.8 Å². The van der Waals surface area contributed by atoms with Crippen LogP contribution in [0.3, 0.4) is 0 Å². The van der Waals surface area contributed by atoms with E-state index in [2.05, 4.69) is 10.6 Å². The van der Waals surface area contributed by atoms with E-state index in [9.17, 15) is 14.4 Å². The Morgan fingerprint density at radius 1 is 1.00 bits per heavy atom. The summed E-state index contributed by atoms with van der Waals surface area (Å²) >= 11 is 13.3. The van der Waals surface area contributed by atoms with Crippen LogP contribution in [-0.4, -0.2) is 28.1 Å². The van der Waals surface area contributed by atoms with Gasteiger partial charge in [-0.2, -0.15) is 0 Å². The van der Waals surface area contributed by atoms with Crippen LogP contribution in [0.1, 0.15) is 6.92 Å². The van der Waals surface area contributed by atoms with Gasteiger partial charge in [0.2, 0.25) is 11.8 Å². The van der Waals surface area contributed by atoms with Gasteiger partial charge >= 0.3 is 5.97 Å². The lowest BCUT2D eigenvalue weighted by atomic mass is 10.3. The summed E-state index contributed by atoms with van der Waals surface area (Å²) in [5.41, 5.74) is 0.875. The fraction of sp³-hybridized carbons (Fsp3) is 0.105. The molecule has 0 unspecified atom stereocenters. The number of halogens is 2. The highest BCUT2D eigenvalue weighted by molar-refractivity contribution is 8.00. The quantitative estimate of drug-likeness (QED) is 0.430. The van der Waals surface area contributed by atoms with Gasteiger partial charge in [-0.15, -0.1) is 11.8 Å². The molecule has 146 valence electrons. The first kappa shape index (κ1) is 21.8. The molecule has 28 heavy (non-hydrogen) atoms. The smallest absolute Gasteiger partial charge is 0.328 e. The number of carboxylic acids is 1. The summed E-state index contributed by atoms with van der Waals surface area (Å²) in [5, 5.41) is 14.0. The number of thioether (sulfide) groups is 1. The molecule has 0 aliphatic rings. The van der Waals surface area contributed by atoms with E-state index in [-0.39, 0.29) is 10.9 Å². The molecular formula is C19H16Cl2N2O4S. The highest BCUT2D eigenvalue weighted by Crippen LogP contribution is 2.33. The van der Waals surface area contributed by atoms with Crippen LogP contribution in [0.2, 0.25) is 10.0 Å². The summed E-state index contributed by atoms with van der Waals surface area (Å²) in [6.07, 6.45) is 1.66. The van der Waals surface area contributed by atoms with Crippen LogP contribution in [0.25, 0.3) is 0 Å². The zero-order valence-corrected chi connectivity index (χ0v) is 16.9. The Hall–Kier alpha value is -2.48. The van der Waals surface area contributed by atoms with Crippen molar-refractivity contribution in [1.29, 1.82) is 0 Å². The zero-order chi connectivity index (χ0) is 20.7. The van der Waals surface area contributed by atoms with Gasteiger partial charge in [-0.25, -0.2) is 4.79 Å². The van der Waals surface area contributed by atoms with E-state index in [4.69, 9.17) is 28.3 Å². The number of anilines is 2. The number of benzene rings is 2. The number of rotatable bonds is 7. The Labute approximate surface area is 175 Å². The first-order chi connectivity index (χ1) is 13.3. The maximum Gasteiger partial charge on any atom is 0.328 e. The number of amides is 2. The fourth-order valence-electron chi connectivity index (χ4n) is 2.07. The molecule has 3 N–H and O–H groups in total. The minimum absolute atomic E-state index is 0.257. The molecule has 1 atom stereocenters. The standard InChI is InChI=1S/C19H16Cl2N2O4S/c1-11(19(27)23-14-7-4-5-12(20)18(14)21)28-15-8-3-2-6-13(15)22-16(24)9-10-17(25)26/h2-11H,1H3,(H,22,24)(H,23,27)(H,25,26)/b10-9+/t11-/m0/s1. The maximum absolute atomic E-state index is 12.5. The molecule has 6 nitrogen and oxygen atoms in total. The van der Waals surface area contributed by atoms with E-state index in [0.29, 0.717) is 21.3 Å². The summed E-state index contributed by atoms with van der Waals surface area (Å²) in [7, 11) is 0. The van der Waals surface area contributed by atoms with Crippen molar-refractivity contribution in [3.63, 3.8) is 0 Å². The summed E-state index contributed by atoms with van der Waals surface area (Å²) < 4.78 is 0. The highest BCUT2D eigenvalue weighted by atomic mass is 35.5. The van der Waals surface area contributed by atoms with Gasteiger partial charge in [-0.3, -0.25) is 9.59 Å². The van der Waals surface area contributed by atoms with Gasteiger partial charge in [0.05, 0.1) is 26.7 Å². The number of hydrogen-bond acceptors (Lipinski definition) is 4.